The van der Waals surface area contributed by atoms with Gasteiger partial charge in [0, 0.05) is 19.9 Å². The summed E-state index contributed by atoms with van der Waals surface area (Å²) in [6.07, 6.45) is 0.996. The van der Waals surface area contributed by atoms with E-state index in [1.165, 1.54) is 7.11 Å². The molecule has 2 N–H and O–H groups in total. The van der Waals surface area contributed by atoms with Crippen LogP contribution in [-0.4, -0.2) is 36.2 Å². The minimum atomic E-state index is -0.338. The summed E-state index contributed by atoms with van der Waals surface area (Å²) in [5.41, 5.74) is 6.41. The second-order valence-electron chi connectivity index (χ2n) is 4.05. The molecule has 2 rings (SSSR count). The molecular formula is C11H17N3O3. The predicted octanol–water partition coefficient (Wildman–Crippen LogP) is 0.997. The van der Waals surface area contributed by atoms with Crippen molar-refractivity contribution in [2.75, 3.05) is 20.2 Å². The second kappa shape index (κ2) is 4.75. The first-order chi connectivity index (χ1) is 8.17. The Bertz CT molecular complexity index is 416. The molecule has 1 amide bonds. The number of oxazole rings is 1. The number of aromatic nitrogens is 1. The highest BCUT2D eigenvalue weighted by molar-refractivity contribution is 5.68. The van der Waals surface area contributed by atoms with E-state index in [9.17, 15) is 4.79 Å². The zero-order valence-electron chi connectivity index (χ0n) is 10.1. The molecule has 1 unspecified atom stereocenters. The molecule has 6 heteroatoms. The summed E-state index contributed by atoms with van der Waals surface area (Å²) in [4.78, 5) is 17.7. The molecule has 0 bridgehead atoms. The van der Waals surface area contributed by atoms with Crippen molar-refractivity contribution in [1.29, 1.82) is 0 Å². The smallest absolute Gasteiger partial charge is 0.410 e. The molecule has 2 heterocycles. The van der Waals surface area contributed by atoms with Gasteiger partial charge in [0.1, 0.15) is 11.5 Å². The van der Waals surface area contributed by atoms with Crippen molar-refractivity contribution in [3.63, 3.8) is 0 Å². The van der Waals surface area contributed by atoms with Crippen molar-refractivity contribution in [2.45, 2.75) is 25.8 Å². The SMILES string of the molecule is COC(=O)N1CCc2oc(C)nc2C1CCN. The van der Waals surface area contributed by atoms with E-state index in [0.29, 0.717) is 31.8 Å². The van der Waals surface area contributed by atoms with E-state index in [1.54, 1.807) is 11.8 Å². The molecule has 0 saturated carbocycles. The van der Waals surface area contributed by atoms with Gasteiger partial charge in [-0.3, -0.25) is 4.90 Å². The lowest BCUT2D eigenvalue weighted by molar-refractivity contribution is 0.0961. The Kier molecular flexibility index (Phi) is 3.33. The van der Waals surface area contributed by atoms with Crippen LogP contribution in [0.1, 0.15) is 29.8 Å². The minimum Gasteiger partial charge on any atom is -0.453 e. The third-order valence-corrected chi connectivity index (χ3v) is 2.96. The van der Waals surface area contributed by atoms with Gasteiger partial charge in [-0.15, -0.1) is 0 Å². The Balaban J connectivity index is 2.31. The second-order valence-corrected chi connectivity index (χ2v) is 4.05. The highest BCUT2D eigenvalue weighted by atomic mass is 16.5. The van der Waals surface area contributed by atoms with E-state index in [2.05, 4.69) is 4.98 Å². The van der Waals surface area contributed by atoms with E-state index >= 15 is 0 Å². The number of nitrogens with two attached hydrogens (primary N) is 1. The Labute approximate surface area is 99.7 Å². The van der Waals surface area contributed by atoms with E-state index in [4.69, 9.17) is 14.9 Å². The van der Waals surface area contributed by atoms with Crippen LogP contribution in [0.5, 0.6) is 0 Å². The van der Waals surface area contributed by atoms with Gasteiger partial charge < -0.3 is 14.9 Å². The standard InChI is InChI=1S/C11H17N3O3/c1-7-13-10-8(3-5-12)14(11(15)16-2)6-4-9(10)17-7/h8H,3-6,12H2,1-2H3. The number of hydrogen-bond donors (Lipinski definition) is 1. The summed E-state index contributed by atoms with van der Waals surface area (Å²) in [6, 6.07) is -0.131. The number of ether oxygens (including phenoxy) is 1. The predicted molar refractivity (Wildman–Crippen MR) is 60.5 cm³/mol. The number of methoxy groups -OCH3 is 1. The molecule has 1 aliphatic rings. The number of nitrogens with zero attached hydrogens (tertiary/aromatic N) is 2. The molecule has 1 aromatic heterocycles. The van der Waals surface area contributed by atoms with Crippen LogP contribution in [0.4, 0.5) is 4.79 Å². The monoisotopic (exact) mass is 239 g/mol. The number of carbonyl (C=O) groups excluding carboxylic acids is 1. The molecule has 0 fully saturated rings. The summed E-state index contributed by atoms with van der Waals surface area (Å²) in [7, 11) is 1.38. The van der Waals surface area contributed by atoms with Gasteiger partial charge in [-0.25, -0.2) is 9.78 Å². The van der Waals surface area contributed by atoms with Gasteiger partial charge in [0.2, 0.25) is 0 Å². The number of rotatable bonds is 2. The molecule has 0 aliphatic carbocycles. The highest BCUT2D eigenvalue weighted by Gasteiger charge is 2.34. The third-order valence-electron chi connectivity index (χ3n) is 2.96. The van der Waals surface area contributed by atoms with Crippen molar-refractivity contribution < 1.29 is 13.9 Å². The van der Waals surface area contributed by atoms with Crippen LogP contribution in [-0.2, 0) is 11.2 Å². The normalized spacial score (nSPS) is 19.0. The molecule has 1 aromatic rings. The number of aryl methyl sites for hydroxylation is 1. The third kappa shape index (κ3) is 2.12. The number of fused-ring (bicyclic) bond motifs is 1. The number of amides is 1. The summed E-state index contributed by atoms with van der Waals surface area (Å²) < 4.78 is 10.3. The Morgan fingerprint density at radius 3 is 3.12 bits per heavy atom. The van der Waals surface area contributed by atoms with E-state index < -0.39 is 0 Å². The molecule has 94 valence electrons. The zero-order valence-corrected chi connectivity index (χ0v) is 10.1. The van der Waals surface area contributed by atoms with E-state index in [1.807, 2.05) is 0 Å². The first-order valence-electron chi connectivity index (χ1n) is 5.68. The lowest BCUT2D eigenvalue weighted by Gasteiger charge is -2.32. The van der Waals surface area contributed by atoms with Crippen LogP contribution < -0.4 is 5.73 Å². The molecule has 17 heavy (non-hydrogen) atoms. The molecular weight excluding hydrogens is 222 g/mol. The average molecular weight is 239 g/mol. The van der Waals surface area contributed by atoms with Crippen molar-refractivity contribution in [3.8, 4) is 0 Å². The number of hydrogen-bond acceptors (Lipinski definition) is 5. The summed E-state index contributed by atoms with van der Waals surface area (Å²) in [5, 5.41) is 0. The maximum Gasteiger partial charge on any atom is 0.410 e. The highest BCUT2D eigenvalue weighted by Crippen LogP contribution is 2.32. The Hall–Kier alpha value is -1.56. The van der Waals surface area contributed by atoms with Gasteiger partial charge in [0.15, 0.2) is 5.89 Å². The maximum atomic E-state index is 11.7. The molecule has 0 radical (unpaired) electrons. The van der Waals surface area contributed by atoms with Gasteiger partial charge in [0.25, 0.3) is 0 Å². The van der Waals surface area contributed by atoms with Crippen LogP contribution >= 0.6 is 0 Å². The average Bonchev–Trinajstić information content (AvgIpc) is 2.69. The first-order valence-corrected chi connectivity index (χ1v) is 5.68. The Morgan fingerprint density at radius 1 is 1.71 bits per heavy atom. The van der Waals surface area contributed by atoms with Crippen molar-refractivity contribution in [3.05, 3.63) is 17.3 Å². The van der Waals surface area contributed by atoms with Gasteiger partial charge in [-0.1, -0.05) is 0 Å². The molecule has 0 saturated heterocycles. The van der Waals surface area contributed by atoms with Gasteiger partial charge >= 0.3 is 6.09 Å². The van der Waals surface area contributed by atoms with E-state index in [-0.39, 0.29) is 12.1 Å². The molecule has 6 nitrogen and oxygen atoms in total. The van der Waals surface area contributed by atoms with Crippen LogP contribution in [0.3, 0.4) is 0 Å². The minimum absolute atomic E-state index is 0.131. The van der Waals surface area contributed by atoms with Crippen LogP contribution in [0.25, 0.3) is 0 Å². The molecule has 1 aliphatic heterocycles. The van der Waals surface area contributed by atoms with Gasteiger partial charge in [0.05, 0.1) is 13.2 Å². The lowest BCUT2D eigenvalue weighted by Crippen LogP contribution is -2.40. The van der Waals surface area contributed by atoms with Crippen molar-refractivity contribution in [1.82, 2.24) is 9.88 Å². The van der Waals surface area contributed by atoms with Crippen LogP contribution in [0.15, 0.2) is 4.42 Å². The maximum absolute atomic E-state index is 11.7. The zero-order chi connectivity index (χ0) is 12.4. The summed E-state index contributed by atoms with van der Waals surface area (Å²) in [5.74, 6) is 1.49. The quantitative estimate of drug-likeness (QED) is 0.832. The lowest BCUT2D eigenvalue weighted by atomic mass is 10.0. The molecule has 1 atom stereocenters. The van der Waals surface area contributed by atoms with Crippen LogP contribution in [0.2, 0.25) is 0 Å². The fourth-order valence-corrected chi connectivity index (χ4v) is 2.24. The number of carbonyl (C=O) groups is 1. The summed E-state index contributed by atoms with van der Waals surface area (Å²) in [6.45, 7) is 2.88. The molecule has 0 spiro atoms. The molecule has 0 aromatic carbocycles. The van der Waals surface area contributed by atoms with Crippen molar-refractivity contribution in [2.24, 2.45) is 5.73 Å². The van der Waals surface area contributed by atoms with Gasteiger partial charge in [-0.05, 0) is 13.0 Å². The van der Waals surface area contributed by atoms with Gasteiger partial charge in [-0.2, -0.15) is 0 Å². The fourth-order valence-electron chi connectivity index (χ4n) is 2.24. The summed E-state index contributed by atoms with van der Waals surface area (Å²) >= 11 is 0. The Morgan fingerprint density at radius 2 is 2.47 bits per heavy atom. The topological polar surface area (TPSA) is 81.6 Å². The van der Waals surface area contributed by atoms with E-state index in [0.717, 1.165) is 11.5 Å². The first kappa shape index (κ1) is 11.9. The van der Waals surface area contributed by atoms with Crippen molar-refractivity contribution >= 4 is 6.09 Å². The largest absolute Gasteiger partial charge is 0.453 e. The fraction of sp³-hybridized carbons (Fsp3) is 0.636. The van der Waals surface area contributed by atoms with Crippen LogP contribution in [0, 0.1) is 6.92 Å².